The number of anilines is 1. The molecule has 1 fully saturated rings. The summed E-state index contributed by atoms with van der Waals surface area (Å²) in [4.78, 5) is 26.9. The summed E-state index contributed by atoms with van der Waals surface area (Å²) in [5, 5.41) is 18.7. The van der Waals surface area contributed by atoms with Crippen LogP contribution in [0.1, 0.15) is 12.6 Å². The Morgan fingerprint density at radius 3 is 3.04 bits per heavy atom. The molecule has 0 bridgehead atoms. The fraction of sp³-hybridized carbons (Fsp3) is 0.462. The molecule has 0 saturated carbocycles. The normalized spacial score (nSPS) is 23.3. The van der Waals surface area contributed by atoms with Crippen LogP contribution in [-0.2, 0) is 9.47 Å². The number of nitrogens with one attached hydrogen (secondary N) is 2. The molecular weight excluding hydrogens is 308 g/mol. The van der Waals surface area contributed by atoms with E-state index >= 15 is 0 Å². The highest BCUT2D eigenvalue weighted by Crippen LogP contribution is 2.27. The molecule has 1 aliphatic heterocycles. The van der Waals surface area contributed by atoms with Crippen molar-refractivity contribution in [1.82, 2.24) is 15.0 Å². The summed E-state index contributed by atoms with van der Waals surface area (Å²) < 4.78 is 11.2. The van der Waals surface area contributed by atoms with Gasteiger partial charge in [-0.1, -0.05) is 12.7 Å². The van der Waals surface area contributed by atoms with Gasteiger partial charge in [0.15, 0.2) is 5.82 Å². The van der Waals surface area contributed by atoms with Gasteiger partial charge in [0.1, 0.15) is 18.9 Å². The molecule has 1 amide bonds. The molecular formula is C13H18N4O6. The van der Waals surface area contributed by atoms with Gasteiger partial charge in [-0.05, 0) is 6.07 Å². The molecule has 0 unspecified atom stereocenters. The molecule has 126 valence electrons. The fourth-order valence-corrected chi connectivity index (χ4v) is 2.04. The summed E-state index contributed by atoms with van der Waals surface area (Å²) in [6, 6.07) is 1.44. The smallest absolute Gasteiger partial charge is 0.426 e. The van der Waals surface area contributed by atoms with E-state index in [-0.39, 0.29) is 25.5 Å². The summed E-state index contributed by atoms with van der Waals surface area (Å²) in [7, 11) is 0. The molecule has 10 nitrogen and oxygen atoms in total. The maximum Gasteiger partial charge on any atom is 0.426 e. The predicted molar refractivity (Wildman–Crippen MR) is 78.4 cm³/mol. The van der Waals surface area contributed by atoms with Gasteiger partial charge in [-0.2, -0.15) is 4.98 Å². The van der Waals surface area contributed by atoms with E-state index in [1.165, 1.54) is 22.9 Å². The molecule has 2 rings (SSSR count). The third-order valence-electron chi connectivity index (χ3n) is 3.15. The van der Waals surface area contributed by atoms with Crippen LogP contribution in [-0.4, -0.2) is 51.3 Å². The van der Waals surface area contributed by atoms with Gasteiger partial charge in [0.05, 0.1) is 12.7 Å². The summed E-state index contributed by atoms with van der Waals surface area (Å²) >= 11 is 0. The van der Waals surface area contributed by atoms with Crippen LogP contribution >= 0.6 is 0 Å². The highest BCUT2D eigenvalue weighted by molar-refractivity contribution is 5.68. The van der Waals surface area contributed by atoms with Crippen LogP contribution in [0.25, 0.3) is 0 Å². The van der Waals surface area contributed by atoms with Crippen molar-refractivity contribution < 1.29 is 24.5 Å². The molecule has 23 heavy (non-hydrogen) atoms. The lowest BCUT2D eigenvalue weighted by Crippen LogP contribution is -2.33. The maximum absolute atomic E-state index is 12.0. The molecule has 10 heteroatoms. The Hall–Kier alpha value is -2.43. The van der Waals surface area contributed by atoms with Gasteiger partial charge in [-0.25, -0.2) is 15.0 Å². The monoisotopic (exact) mass is 326 g/mol. The number of carbonyl (C=O) groups excluding carboxylic acids is 1. The lowest BCUT2D eigenvalue weighted by molar-refractivity contribution is -0.0458. The maximum atomic E-state index is 12.0. The van der Waals surface area contributed by atoms with Crippen molar-refractivity contribution in [3.8, 4) is 0 Å². The fourth-order valence-electron chi connectivity index (χ4n) is 2.04. The first kappa shape index (κ1) is 16.9. The summed E-state index contributed by atoms with van der Waals surface area (Å²) in [5.41, 5.74) is 3.99. The summed E-state index contributed by atoms with van der Waals surface area (Å²) in [6.07, 6.45) is -0.0426. The SMILES string of the molecule is C=CCOC(=O)NNc1ccn([C@H]2C[C@H](O)[C@@H](CO)O2)c(=O)n1. The number of amides is 1. The molecule has 2 heterocycles. The largest absolute Gasteiger partial charge is 0.444 e. The van der Waals surface area contributed by atoms with E-state index in [0.717, 1.165) is 0 Å². The number of hydrogen-bond acceptors (Lipinski definition) is 8. The van der Waals surface area contributed by atoms with Crippen molar-refractivity contribution in [2.24, 2.45) is 0 Å². The summed E-state index contributed by atoms with van der Waals surface area (Å²) in [6.45, 7) is 3.11. The third kappa shape index (κ3) is 4.28. The molecule has 0 spiro atoms. The Labute approximate surface area is 131 Å². The standard InChI is InChI=1S/C13H18N4O6/c1-2-5-22-13(21)16-15-10-3-4-17(12(20)14-10)11-6-8(19)9(7-18)23-11/h2-4,8-9,11,18-19H,1,5-7H2,(H,16,21)(H,14,15,20)/t8-,9+,11+/m0/s1. The predicted octanol–water partition coefficient (Wildman–Crippen LogP) is -0.877. The van der Waals surface area contributed by atoms with E-state index in [4.69, 9.17) is 9.84 Å². The second-order valence-electron chi connectivity index (χ2n) is 4.75. The minimum absolute atomic E-state index is 0.0515. The number of nitrogens with zero attached hydrogens (tertiary/aromatic N) is 2. The van der Waals surface area contributed by atoms with Crippen molar-refractivity contribution >= 4 is 11.9 Å². The average Bonchev–Trinajstić information content (AvgIpc) is 2.91. The van der Waals surface area contributed by atoms with Gasteiger partial charge in [-0.15, -0.1) is 0 Å². The van der Waals surface area contributed by atoms with Crippen molar-refractivity contribution in [1.29, 1.82) is 0 Å². The second kappa shape index (κ2) is 7.72. The van der Waals surface area contributed by atoms with Crippen LogP contribution in [0, 0.1) is 0 Å². The van der Waals surface area contributed by atoms with Crippen molar-refractivity contribution in [3.05, 3.63) is 35.4 Å². The van der Waals surface area contributed by atoms with Crippen LogP contribution < -0.4 is 16.5 Å². The van der Waals surface area contributed by atoms with Crippen LogP contribution in [0.3, 0.4) is 0 Å². The number of aromatic nitrogens is 2. The van der Waals surface area contributed by atoms with E-state index in [1.807, 2.05) is 0 Å². The van der Waals surface area contributed by atoms with Gasteiger partial charge in [0, 0.05) is 12.6 Å². The van der Waals surface area contributed by atoms with Crippen LogP contribution in [0.2, 0.25) is 0 Å². The van der Waals surface area contributed by atoms with E-state index < -0.39 is 30.2 Å². The highest BCUT2D eigenvalue weighted by atomic mass is 16.6. The zero-order chi connectivity index (χ0) is 16.8. The van der Waals surface area contributed by atoms with E-state index in [1.54, 1.807) is 0 Å². The Balaban J connectivity index is 1.97. The minimum Gasteiger partial charge on any atom is -0.444 e. The van der Waals surface area contributed by atoms with Crippen molar-refractivity contribution in [2.45, 2.75) is 24.9 Å². The number of rotatable bonds is 6. The minimum atomic E-state index is -0.851. The molecule has 1 aromatic rings. The second-order valence-corrected chi connectivity index (χ2v) is 4.75. The molecule has 4 N–H and O–H groups in total. The third-order valence-corrected chi connectivity index (χ3v) is 3.15. The molecule has 1 saturated heterocycles. The number of ether oxygens (including phenoxy) is 2. The zero-order valence-corrected chi connectivity index (χ0v) is 12.2. The lowest BCUT2D eigenvalue weighted by atomic mass is 10.2. The highest BCUT2D eigenvalue weighted by Gasteiger charge is 2.34. The Morgan fingerprint density at radius 2 is 2.43 bits per heavy atom. The number of aliphatic hydroxyl groups is 2. The first-order valence-electron chi connectivity index (χ1n) is 6.88. The van der Waals surface area contributed by atoms with Crippen LogP contribution in [0.15, 0.2) is 29.7 Å². The number of carbonyl (C=O) groups is 1. The summed E-state index contributed by atoms with van der Waals surface area (Å²) in [5.74, 6) is 0.110. The number of aliphatic hydroxyl groups excluding tert-OH is 2. The molecule has 0 radical (unpaired) electrons. The van der Waals surface area contributed by atoms with Crippen molar-refractivity contribution in [3.63, 3.8) is 0 Å². The molecule has 3 atom stereocenters. The Morgan fingerprint density at radius 1 is 1.65 bits per heavy atom. The number of hydrazine groups is 1. The van der Waals surface area contributed by atoms with E-state index in [0.29, 0.717) is 0 Å². The Bertz CT molecular complexity index is 619. The van der Waals surface area contributed by atoms with Gasteiger partial charge in [0.25, 0.3) is 0 Å². The van der Waals surface area contributed by atoms with Crippen LogP contribution in [0.5, 0.6) is 0 Å². The van der Waals surface area contributed by atoms with Crippen LogP contribution in [0.4, 0.5) is 10.6 Å². The zero-order valence-electron chi connectivity index (χ0n) is 12.2. The topological polar surface area (TPSA) is 135 Å². The first-order valence-corrected chi connectivity index (χ1v) is 6.88. The molecule has 0 aliphatic carbocycles. The quantitative estimate of drug-likeness (QED) is 0.391. The van der Waals surface area contributed by atoms with E-state index in [9.17, 15) is 14.7 Å². The van der Waals surface area contributed by atoms with E-state index in [2.05, 4.69) is 27.2 Å². The lowest BCUT2D eigenvalue weighted by Gasteiger charge is -2.14. The molecule has 1 aromatic heterocycles. The average molecular weight is 326 g/mol. The molecule has 0 aromatic carbocycles. The number of hydrogen-bond donors (Lipinski definition) is 4. The van der Waals surface area contributed by atoms with Crippen molar-refractivity contribution in [2.75, 3.05) is 18.6 Å². The van der Waals surface area contributed by atoms with Gasteiger partial charge >= 0.3 is 11.8 Å². The van der Waals surface area contributed by atoms with Gasteiger partial charge < -0.3 is 19.7 Å². The molecule has 1 aliphatic rings. The van der Waals surface area contributed by atoms with Gasteiger partial charge in [-0.3, -0.25) is 9.99 Å². The Kier molecular flexibility index (Phi) is 5.68. The van der Waals surface area contributed by atoms with Gasteiger partial charge in [0.2, 0.25) is 0 Å². The first-order chi connectivity index (χ1) is 11.0.